The van der Waals surface area contributed by atoms with Crippen LogP contribution in [0.3, 0.4) is 0 Å². The molecule has 1 heterocycles. The van der Waals surface area contributed by atoms with Crippen LogP contribution in [-0.2, 0) is 6.42 Å². The van der Waals surface area contributed by atoms with Crippen molar-refractivity contribution in [3.05, 3.63) is 57.6 Å². The molecule has 0 radical (unpaired) electrons. The molecule has 0 amide bonds. The molecule has 0 aliphatic rings. The van der Waals surface area contributed by atoms with Gasteiger partial charge in [0.15, 0.2) is 0 Å². The number of anilines is 2. The molecular weight excluding hydrogens is 268 g/mol. The topological polar surface area (TPSA) is 80.1 Å². The van der Waals surface area contributed by atoms with Gasteiger partial charge >= 0.3 is 0 Å². The van der Waals surface area contributed by atoms with Crippen LogP contribution in [0.2, 0.25) is 0 Å². The highest BCUT2D eigenvalue weighted by Gasteiger charge is 2.10. The maximum atomic E-state index is 10.9. The Morgan fingerprint density at radius 1 is 1.24 bits per heavy atom. The molecule has 0 bridgehead atoms. The lowest BCUT2D eigenvalue weighted by Gasteiger charge is -2.09. The van der Waals surface area contributed by atoms with E-state index in [9.17, 15) is 10.1 Å². The van der Waals surface area contributed by atoms with Gasteiger partial charge in [-0.25, -0.2) is 4.98 Å². The molecular formula is C15H18N4O2. The summed E-state index contributed by atoms with van der Waals surface area (Å²) < 4.78 is 0. The number of rotatable bonds is 6. The van der Waals surface area contributed by atoms with Crippen LogP contribution in [0.25, 0.3) is 0 Å². The number of nitrogens with zero attached hydrogens (tertiary/aromatic N) is 2. The molecule has 6 heteroatoms. The first-order chi connectivity index (χ1) is 10.1. The minimum atomic E-state index is -0.422. The maximum absolute atomic E-state index is 10.9. The molecule has 0 saturated carbocycles. The second-order valence-corrected chi connectivity index (χ2v) is 4.71. The monoisotopic (exact) mass is 286 g/mol. The van der Waals surface area contributed by atoms with Crippen molar-refractivity contribution < 1.29 is 4.92 Å². The summed E-state index contributed by atoms with van der Waals surface area (Å²) in [7, 11) is 1.68. The van der Waals surface area contributed by atoms with E-state index in [0.717, 1.165) is 6.42 Å². The highest BCUT2D eigenvalue weighted by atomic mass is 16.6. The Balaban J connectivity index is 2.04. The Morgan fingerprint density at radius 2 is 1.95 bits per heavy atom. The fraction of sp³-hybridized carbons (Fsp3) is 0.267. The van der Waals surface area contributed by atoms with E-state index in [1.165, 1.54) is 23.3 Å². The van der Waals surface area contributed by atoms with E-state index >= 15 is 0 Å². The van der Waals surface area contributed by atoms with Gasteiger partial charge in [0.1, 0.15) is 11.6 Å². The number of nitro groups is 1. The molecule has 0 fully saturated rings. The molecule has 0 aliphatic carbocycles. The predicted molar refractivity (Wildman–Crippen MR) is 83.8 cm³/mol. The van der Waals surface area contributed by atoms with Crippen LogP contribution < -0.4 is 10.6 Å². The average Bonchev–Trinajstić information content (AvgIpc) is 2.49. The Hall–Kier alpha value is -2.63. The molecule has 2 N–H and O–H groups in total. The normalized spacial score (nSPS) is 10.2. The van der Waals surface area contributed by atoms with E-state index < -0.39 is 4.92 Å². The van der Waals surface area contributed by atoms with Crippen molar-refractivity contribution in [1.82, 2.24) is 4.98 Å². The zero-order chi connectivity index (χ0) is 15.2. The molecule has 1 aromatic carbocycles. The summed E-state index contributed by atoms with van der Waals surface area (Å²) >= 11 is 0. The summed E-state index contributed by atoms with van der Waals surface area (Å²) in [5, 5.41) is 16.8. The molecule has 21 heavy (non-hydrogen) atoms. The summed E-state index contributed by atoms with van der Waals surface area (Å²) in [6.07, 6.45) is 0.839. The van der Waals surface area contributed by atoms with E-state index in [2.05, 4.69) is 34.7 Å². The van der Waals surface area contributed by atoms with Gasteiger partial charge in [0.2, 0.25) is 0 Å². The van der Waals surface area contributed by atoms with Gasteiger partial charge in [-0.1, -0.05) is 24.3 Å². The Morgan fingerprint density at radius 3 is 2.62 bits per heavy atom. The Labute approximate surface area is 123 Å². The fourth-order valence-electron chi connectivity index (χ4n) is 2.06. The largest absolute Gasteiger partial charge is 0.373 e. The van der Waals surface area contributed by atoms with Crippen molar-refractivity contribution in [1.29, 1.82) is 0 Å². The third-order valence-electron chi connectivity index (χ3n) is 3.24. The first-order valence-electron chi connectivity index (χ1n) is 6.73. The van der Waals surface area contributed by atoms with Crippen LogP contribution >= 0.6 is 0 Å². The molecule has 2 rings (SSSR count). The predicted octanol–water partition coefficient (Wildman–Crippen LogP) is 2.99. The maximum Gasteiger partial charge on any atom is 0.276 e. The zero-order valence-electron chi connectivity index (χ0n) is 12.1. The SMILES string of the molecule is CNc1cc([N+](=O)[O-])cc(NCCc2ccccc2C)n1. The van der Waals surface area contributed by atoms with Crippen molar-refractivity contribution in [2.24, 2.45) is 0 Å². The molecule has 0 aliphatic heterocycles. The highest BCUT2D eigenvalue weighted by Crippen LogP contribution is 2.20. The van der Waals surface area contributed by atoms with Crippen LogP contribution in [0.15, 0.2) is 36.4 Å². The summed E-state index contributed by atoms with van der Waals surface area (Å²) in [5.74, 6) is 0.977. The number of nitrogens with one attached hydrogen (secondary N) is 2. The molecule has 0 atom stereocenters. The number of hydrogen-bond donors (Lipinski definition) is 2. The van der Waals surface area contributed by atoms with E-state index in [4.69, 9.17) is 0 Å². The molecule has 2 aromatic rings. The summed E-state index contributed by atoms with van der Waals surface area (Å²) in [5.41, 5.74) is 2.51. The Kier molecular flexibility index (Phi) is 4.71. The second-order valence-electron chi connectivity index (χ2n) is 4.71. The number of hydrogen-bond acceptors (Lipinski definition) is 5. The van der Waals surface area contributed by atoms with E-state index in [1.54, 1.807) is 7.05 Å². The van der Waals surface area contributed by atoms with Gasteiger partial charge in [0, 0.05) is 13.6 Å². The molecule has 0 unspecified atom stereocenters. The smallest absolute Gasteiger partial charge is 0.276 e. The van der Waals surface area contributed by atoms with Gasteiger partial charge in [0.05, 0.1) is 17.1 Å². The fourth-order valence-corrected chi connectivity index (χ4v) is 2.06. The van der Waals surface area contributed by atoms with Crippen molar-refractivity contribution in [3.63, 3.8) is 0 Å². The first kappa shape index (κ1) is 14.8. The standard InChI is InChI=1S/C15H18N4O2/c1-11-5-3-4-6-12(11)7-8-17-15-10-13(19(20)21)9-14(16-2)18-15/h3-6,9-10H,7-8H2,1-2H3,(H2,16,17,18). The second kappa shape index (κ2) is 6.69. The third kappa shape index (κ3) is 3.92. The van der Waals surface area contributed by atoms with E-state index in [0.29, 0.717) is 18.2 Å². The number of aryl methyl sites for hydroxylation is 1. The summed E-state index contributed by atoms with van der Waals surface area (Å²) in [6.45, 7) is 2.74. The highest BCUT2D eigenvalue weighted by molar-refractivity contribution is 5.54. The Bertz CT molecular complexity index is 643. The van der Waals surface area contributed by atoms with Crippen LogP contribution in [0, 0.1) is 17.0 Å². The lowest BCUT2D eigenvalue weighted by molar-refractivity contribution is -0.384. The number of pyridine rings is 1. The van der Waals surface area contributed by atoms with Crippen molar-refractivity contribution in [2.75, 3.05) is 24.2 Å². The summed E-state index contributed by atoms with van der Waals surface area (Å²) in [4.78, 5) is 14.7. The van der Waals surface area contributed by atoms with Gasteiger partial charge in [-0.05, 0) is 24.5 Å². The van der Waals surface area contributed by atoms with Crippen LogP contribution in [0.5, 0.6) is 0 Å². The van der Waals surface area contributed by atoms with Gasteiger partial charge in [-0.2, -0.15) is 0 Å². The van der Waals surface area contributed by atoms with Gasteiger partial charge in [-0.15, -0.1) is 0 Å². The van der Waals surface area contributed by atoms with Crippen LogP contribution in [0.1, 0.15) is 11.1 Å². The van der Waals surface area contributed by atoms with Gasteiger partial charge < -0.3 is 10.6 Å². The first-order valence-corrected chi connectivity index (χ1v) is 6.73. The van der Waals surface area contributed by atoms with E-state index in [1.807, 2.05) is 12.1 Å². The zero-order valence-corrected chi connectivity index (χ0v) is 12.1. The van der Waals surface area contributed by atoms with Gasteiger partial charge in [-0.3, -0.25) is 10.1 Å². The number of aromatic nitrogens is 1. The van der Waals surface area contributed by atoms with Crippen LogP contribution in [-0.4, -0.2) is 23.5 Å². The lowest BCUT2D eigenvalue weighted by atomic mass is 10.1. The van der Waals surface area contributed by atoms with Crippen molar-refractivity contribution in [2.45, 2.75) is 13.3 Å². The molecule has 6 nitrogen and oxygen atoms in total. The molecule has 0 saturated heterocycles. The van der Waals surface area contributed by atoms with Gasteiger partial charge in [0.25, 0.3) is 5.69 Å². The molecule has 1 aromatic heterocycles. The van der Waals surface area contributed by atoms with E-state index in [-0.39, 0.29) is 5.69 Å². The lowest BCUT2D eigenvalue weighted by Crippen LogP contribution is -2.08. The molecule has 0 spiro atoms. The summed E-state index contributed by atoms with van der Waals surface area (Å²) in [6, 6.07) is 11.0. The molecule has 110 valence electrons. The van der Waals surface area contributed by atoms with Crippen molar-refractivity contribution >= 4 is 17.3 Å². The number of benzene rings is 1. The quantitative estimate of drug-likeness (QED) is 0.630. The minimum absolute atomic E-state index is 0.0211. The average molecular weight is 286 g/mol. The minimum Gasteiger partial charge on any atom is -0.373 e. The van der Waals surface area contributed by atoms with Crippen molar-refractivity contribution in [3.8, 4) is 0 Å². The van der Waals surface area contributed by atoms with Crippen LogP contribution in [0.4, 0.5) is 17.3 Å². The third-order valence-corrected chi connectivity index (χ3v) is 3.24.